The van der Waals surface area contributed by atoms with Crippen LogP contribution in [0.1, 0.15) is 57.9 Å². The topological polar surface area (TPSA) is 70.2 Å². The number of rotatable bonds is 12. The second-order valence-corrected chi connectivity index (χ2v) is 8.34. The largest absolute Gasteiger partial charge is 0.497 e. The summed E-state index contributed by atoms with van der Waals surface area (Å²) >= 11 is 0. The Morgan fingerprint density at radius 2 is 1.38 bits per heavy atom. The summed E-state index contributed by atoms with van der Waals surface area (Å²) in [5.41, 5.74) is 1.11. The van der Waals surface area contributed by atoms with Gasteiger partial charge in [-0.05, 0) is 43.4 Å². The van der Waals surface area contributed by atoms with Gasteiger partial charge >= 0.3 is 0 Å². The van der Waals surface area contributed by atoms with Crippen molar-refractivity contribution in [2.24, 2.45) is 0 Å². The lowest BCUT2D eigenvalue weighted by molar-refractivity contribution is -0.139. The summed E-state index contributed by atoms with van der Waals surface area (Å²) in [6.07, 6.45) is 4.47. The molecule has 0 bridgehead atoms. The molecule has 0 atom stereocenters. The van der Waals surface area contributed by atoms with Gasteiger partial charge in [-0.2, -0.15) is 0 Å². The normalized spacial score (nSPS) is 13.7. The highest BCUT2D eigenvalue weighted by molar-refractivity contribution is 5.80. The van der Waals surface area contributed by atoms with Crippen LogP contribution in [0.2, 0.25) is 0 Å². The average molecular weight is 446 g/mol. The number of hydrogen-bond donors (Lipinski definition) is 0. The number of carbonyl (C=O) groups excluding carboxylic acids is 3. The molecule has 0 spiro atoms. The van der Waals surface area contributed by atoms with Crippen LogP contribution >= 0.6 is 0 Å². The molecule has 0 aliphatic carbocycles. The van der Waals surface area contributed by atoms with Crippen molar-refractivity contribution in [3.8, 4) is 5.75 Å². The molecule has 7 heteroatoms. The van der Waals surface area contributed by atoms with Gasteiger partial charge in [0.05, 0.1) is 7.11 Å². The lowest BCUT2D eigenvalue weighted by Gasteiger charge is -2.35. The van der Waals surface area contributed by atoms with Gasteiger partial charge < -0.3 is 19.4 Å². The van der Waals surface area contributed by atoms with E-state index in [4.69, 9.17) is 4.74 Å². The van der Waals surface area contributed by atoms with Gasteiger partial charge in [-0.25, -0.2) is 0 Å². The van der Waals surface area contributed by atoms with Gasteiger partial charge in [-0.1, -0.05) is 26.0 Å². The molecule has 3 amide bonds. The van der Waals surface area contributed by atoms with Crippen LogP contribution in [0.15, 0.2) is 24.3 Å². The second-order valence-electron chi connectivity index (χ2n) is 8.34. The molecule has 1 saturated heterocycles. The van der Waals surface area contributed by atoms with Gasteiger partial charge in [0.2, 0.25) is 17.7 Å². The highest BCUT2D eigenvalue weighted by atomic mass is 16.5. The quantitative estimate of drug-likeness (QED) is 0.496. The minimum absolute atomic E-state index is 0.0839. The number of carbonyl (C=O) groups is 3. The van der Waals surface area contributed by atoms with Crippen LogP contribution in [0.25, 0.3) is 0 Å². The van der Waals surface area contributed by atoms with E-state index in [1.165, 1.54) is 0 Å². The van der Waals surface area contributed by atoms with Crippen molar-refractivity contribution < 1.29 is 19.1 Å². The highest BCUT2D eigenvalue weighted by Gasteiger charge is 2.24. The molecule has 0 saturated carbocycles. The summed E-state index contributed by atoms with van der Waals surface area (Å²) in [6, 6.07) is 7.78. The number of hydrogen-bond acceptors (Lipinski definition) is 4. The minimum Gasteiger partial charge on any atom is -0.497 e. The van der Waals surface area contributed by atoms with E-state index < -0.39 is 0 Å². The van der Waals surface area contributed by atoms with Gasteiger partial charge in [-0.3, -0.25) is 14.4 Å². The van der Waals surface area contributed by atoms with E-state index in [1.54, 1.807) is 7.11 Å². The maximum Gasteiger partial charge on any atom is 0.223 e. The Kier molecular flexibility index (Phi) is 11.0. The molecule has 1 aliphatic heterocycles. The Morgan fingerprint density at radius 3 is 1.88 bits per heavy atom. The third-order valence-electron chi connectivity index (χ3n) is 5.89. The van der Waals surface area contributed by atoms with Gasteiger partial charge in [0.1, 0.15) is 5.75 Å². The first-order valence-corrected chi connectivity index (χ1v) is 11.9. The fourth-order valence-corrected chi connectivity index (χ4v) is 4.01. The molecule has 0 unspecified atom stereocenters. The first-order chi connectivity index (χ1) is 15.5. The standard InChI is InChI=1S/C25H39N3O4/c1-4-15-26(16-5-2)23(29)7-6-8-24(30)27-17-19-28(20-18-27)25(31)14-11-21-9-12-22(32-3)13-10-21/h9-10,12-13H,4-8,11,14-20H2,1-3H3. The number of benzene rings is 1. The van der Waals surface area contributed by atoms with Crippen LogP contribution in [-0.2, 0) is 20.8 Å². The Hall–Kier alpha value is -2.57. The fourth-order valence-electron chi connectivity index (χ4n) is 4.01. The summed E-state index contributed by atoms with van der Waals surface area (Å²) in [4.78, 5) is 43.0. The lowest BCUT2D eigenvalue weighted by atomic mass is 10.1. The van der Waals surface area contributed by atoms with E-state index in [1.807, 2.05) is 39.0 Å². The van der Waals surface area contributed by atoms with Crippen molar-refractivity contribution in [2.75, 3.05) is 46.4 Å². The number of aryl methyl sites for hydroxylation is 1. The monoisotopic (exact) mass is 445 g/mol. The first-order valence-electron chi connectivity index (χ1n) is 11.9. The van der Waals surface area contributed by atoms with E-state index in [2.05, 4.69) is 13.8 Å². The first kappa shape index (κ1) is 25.7. The third kappa shape index (κ3) is 8.17. The molecule has 1 heterocycles. The van der Waals surface area contributed by atoms with Crippen molar-refractivity contribution in [1.82, 2.24) is 14.7 Å². The molecule has 1 aromatic carbocycles. The zero-order valence-electron chi connectivity index (χ0n) is 20.0. The molecular weight excluding hydrogens is 406 g/mol. The number of ether oxygens (including phenoxy) is 1. The highest BCUT2D eigenvalue weighted by Crippen LogP contribution is 2.14. The Morgan fingerprint density at radius 1 is 0.844 bits per heavy atom. The van der Waals surface area contributed by atoms with E-state index in [-0.39, 0.29) is 17.7 Å². The van der Waals surface area contributed by atoms with Crippen molar-refractivity contribution >= 4 is 17.7 Å². The lowest BCUT2D eigenvalue weighted by Crippen LogP contribution is -2.50. The van der Waals surface area contributed by atoms with Crippen LogP contribution < -0.4 is 4.74 Å². The van der Waals surface area contributed by atoms with Gasteiger partial charge in [0.15, 0.2) is 0 Å². The predicted molar refractivity (Wildman–Crippen MR) is 125 cm³/mol. The second kappa shape index (κ2) is 13.8. The molecule has 0 N–H and O–H groups in total. The van der Waals surface area contributed by atoms with Crippen molar-refractivity contribution in [3.63, 3.8) is 0 Å². The summed E-state index contributed by atoms with van der Waals surface area (Å²) in [5.74, 6) is 1.17. The Bertz CT molecular complexity index is 721. The van der Waals surface area contributed by atoms with Crippen molar-refractivity contribution in [3.05, 3.63) is 29.8 Å². The SMILES string of the molecule is CCCN(CCC)C(=O)CCCC(=O)N1CCN(C(=O)CCc2ccc(OC)cc2)CC1. The van der Waals surface area contributed by atoms with E-state index >= 15 is 0 Å². The number of nitrogens with zero attached hydrogens (tertiary/aromatic N) is 3. The van der Waals surface area contributed by atoms with E-state index in [9.17, 15) is 14.4 Å². The molecule has 1 aromatic rings. The maximum atomic E-state index is 12.5. The molecule has 1 aliphatic rings. The van der Waals surface area contributed by atoms with Crippen molar-refractivity contribution in [2.45, 2.75) is 58.8 Å². The van der Waals surface area contributed by atoms with Crippen LogP contribution in [0.5, 0.6) is 5.75 Å². The predicted octanol–water partition coefficient (Wildman–Crippen LogP) is 3.12. The fraction of sp³-hybridized carbons (Fsp3) is 0.640. The van der Waals surface area contributed by atoms with Crippen LogP contribution in [0, 0.1) is 0 Å². The zero-order valence-corrected chi connectivity index (χ0v) is 20.0. The molecule has 32 heavy (non-hydrogen) atoms. The third-order valence-corrected chi connectivity index (χ3v) is 5.89. The smallest absolute Gasteiger partial charge is 0.223 e. The molecule has 178 valence electrons. The van der Waals surface area contributed by atoms with Crippen LogP contribution in [0.3, 0.4) is 0 Å². The summed E-state index contributed by atoms with van der Waals surface area (Å²) in [7, 11) is 1.64. The summed E-state index contributed by atoms with van der Waals surface area (Å²) < 4.78 is 5.16. The van der Waals surface area contributed by atoms with E-state index in [0.29, 0.717) is 58.3 Å². The molecule has 2 rings (SSSR count). The number of piperazine rings is 1. The van der Waals surface area contributed by atoms with Crippen molar-refractivity contribution in [1.29, 1.82) is 0 Å². The number of methoxy groups -OCH3 is 1. The average Bonchev–Trinajstić information content (AvgIpc) is 2.82. The zero-order chi connectivity index (χ0) is 23.3. The minimum atomic E-state index is 0.0839. The van der Waals surface area contributed by atoms with Crippen LogP contribution in [-0.4, -0.2) is 78.8 Å². The van der Waals surface area contributed by atoms with Gasteiger partial charge in [-0.15, -0.1) is 0 Å². The Labute approximate surface area is 192 Å². The maximum absolute atomic E-state index is 12.5. The molecule has 0 aromatic heterocycles. The van der Waals surface area contributed by atoms with Gasteiger partial charge in [0, 0.05) is 58.5 Å². The summed E-state index contributed by atoms with van der Waals surface area (Å²) in [5, 5.41) is 0. The van der Waals surface area contributed by atoms with Gasteiger partial charge in [0.25, 0.3) is 0 Å². The van der Waals surface area contributed by atoms with Crippen LogP contribution in [0.4, 0.5) is 0 Å². The van der Waals surface area contributed by atoms with E-state index in [0.717, 1.165) is 37.2 Å². The molecular formula is C25H39N3O4. The molecule has 7 nitrogen and oxygen atoms in total. The number of amides is 3. The molecule has 1 fully saturated rings. The Balaban J connectivity index is 1.67. The molecule has 0 radical (unpaired) electrons. The summed E-state index contributed by atoms with van der Waals surface area (Å²) in [6.45, 7) is 8.01.